The number of benzene rings is 2. The van der Waals surface area contributed by atoms with Crippen molar-refractivity contribution < 1.29 is 23.4 Å². The number of carbonyl (C=O) groups excluding carboxylic acids is 1. The third-order valence-electron chi connectivity index (χ3n) is 7.11. The second kappa shape index (κ2) is 9.95. The summed E-state index contributed by atoms with van der Waals surface area (Å²) < 4.78 is 22.6. The largest absolute Gasteiger partial charge is 0.493 e. The number of rotatable bonds is 7. The molecule has 0 saturated carbocycles. The molecule has 36 heavy (non-hydrogen) atoms. The molecule has 0 radical (unpaired) electrons. The van der Waals surface area contributed by atoms with E-state index < -0.39 is 6.04 Å². The number of hydrogen-bond donors (Lipinski definition) is 0. The maximum absolute atomic E-state index is 13.9. The Balaban J connectivity index is 1.59. The smallest absolute Gasteiger partial charge is 0.290 e. The zero-order valence-electron chi connectivity index (χ0n) is 21.3. The van der Waals surface area contributed by atoms with Crippen LogP contribution in [0.25, 0.3) is 11.0 Å². The van der Waals surface area contributed by atoms with E-state index in [1.165, 1.54) is 0 Å². The van der Waals surface area contributed by atoms with E-state index in [0.717, 1.165) is 56.0 Å². The SMILES string of the molecule is COc1ccc([C@H]2c3c(oc4cc(C)cc(C)c4c3=O)C(=O)N2CCCN2CCOCC2)cc1OC. The molecule has 2 aromatic carbocycles. The number of carbonyl (C=O) groups is 1. The Bertz CT molecular complexity index is 1360. The van der Waals surface area contributed by atoms with Gasteiger partial charge in [0.1, 0.15) is 5.58 Å². The summed E-state index contributed by atoms with van der Waals surface area (Å²) >= 11 is 0. The third-order valence-corrected chi connectivity index (χ3v) is 7.11. The van der Waals surface area contributed by atoms with Crippen LogP contribution in [-0.2, 0) is 4.74 Å². The molecule has 190 valence electrons. The molecular weight excluding hydrogens is 460 g/mol. The Kier molecular flexibility index (Phi) is 6.73. The van der Waals surface area contributed by atoms with Crippen LogP contribution < -0.4 is 14.9 Å². The molecule has 8 heteroatoms. The minimum Gasteiger partial charge on any atom is -0.493 e. The quantitative estimate of drug-likeness (QED) is 0.498. The lowest BCUT2D eigenvalue weighted by molar-refractivity contribution is 0.0353. The Morgan fingerprint density at radius 3 is 2.44 bits per heavy atom. The molecule has 0 unspecified atom stereocenters. The molecule has 0 spiro atoms. The van der Waals surface area contributed by atoms with Crippen LogP contribution in [0, 0.1) is 13.8 Å². The normalized spacial score (nSPS) is 18.1. The van der Waals surface area contributed by atoms with E-state index in [4.69, 9.17) is 18.6 Å². The second-order valence-corrected chi connectivity index (χ2v) is 9.45. The monoisotopic (exact) mass is 492 g/mol. The summed E-state index contributed by atoms with van der Waals surface area (Å²) in [6, 6.07) is 8.75. The first-order valence-electron chi connectivity index (χ1n) is 12.3. The van der Waals surface area contributed by atoms with Gasteiger partial charge in [-0.3, -0.25) is 14.5 Å². The van der Waals surface area contributed by atoms with Gasteiger partial charge in [0.2, 0.25) is 5.76 Å². The summed E-state index contributed by atoms with van der Waals surface area (Å²) in [6.45, 7) is 8.43. The molecule has 0 bridgehead atoms. The molecule has 2 aliphatic rings. The maximum Gasteiger partial charge on any atom is 0.290 e. The van der Waals surface area contributed by atoms with Gasteiger partial charge in [0.15, 0.2) is 16.9 Å². The molecule has 2 aliphatic heterocycles. The van der Waals surface area contributed by atoms with Crippen LogP contribution in [-0.4, -0.2) is 69.3 Å². The molecule has 0 aliphatic carbocycles. The van der Waals surface area contributed by atoms with Gasteiger partial charge in [-0.2, -0.15) is 0 Å². The van der Waals surface area contributed by atoms with Crippen molar-refractivity contribution in [2.75, 3.05) is 53.6 Å². The van der Waals surface area contributed by atoms with Crippen molar-refractivity contribution in [3.8, 4) is 11.5 Å². The molecule has 0 N–H and O–H groups in total. The minimum atomic E-state index is -0.571. The average molecular weight is 493 g/mol. The van der Waals surface area contributed by atoms with Crippen molar-refractivity contribution in [3.05, 3.63) is 68.6 Å². The molecule has 1 atom stereocenters. The maximum atomic E-state index is 13.9. The highest BCUT2D eigenvalue weighted by Gasteiger charge is 2.43. The highest BCUT2D eigenvalue weighted by molar-refractivity contribution is 5.99. The number of amides is 1. The first-order valence-corrected chi connectivity index (χ1v) is 12.3. The second-order valence-electron chi connectivity index (χ2n) is 9.45. The fourth-order valence-electron chi connectivity index (χ4n) is 5.40. The van der Waals surface area contributed by atoms with E-state index >= 15 is 0 Å². The van der Waals surface area contributed by atoms with E-state index in [2.05, 4.69) is 4.90 Å². The van der Waals surface area contributed by atoms with E-state index in [-0.39, 0.29) is 17.1 Å². The summed E-state index contributed by atoms with van der Waals surface area (Å²) in [5, 5.41) is 0.521. The standard InChI is InChI=1S/C28H32N2O6/c1-17-14-18(2)23-22(15-17)36-27-24(26(23)31)25(19-6-7-20(33-3)21(16-19)34-4)30(28(27)32)9-5-8-29-10-12-35-13-11-29/h6-7,14-16,25H,5,8-13H2,1-4H3/t25-/m0/s1. The van der Waals surface area contributed by atoms with Crippen molar-refractivity contribution in [1.29, 1.82) is 0 Å². The van der Waals surface area contributed by atoms with Crippen LogP contribution in [0.15, 0.2) is 39.5 Å². The van der Waals surface area contributed by atoms with Crippen molar-refractivity contribution in [3.63, 3.8) is 0 Å². The molecule has 5 rings (SSSR count). The fourth-order valence-corrected chi connectivity index (χ4v) is 5.40. The number of methoxy groups -OCH3 is 2. The zero-order chi connectivity index (χ0) is 25.4. The predicted octanol–water partition coefficient (Wildman–Crippen LogP) is 3.69. The van der Waals surface area contributed by atoms with Crippen molar-refractivity contribution in [1.82, 2.24) is 9.80 Å². The first kappa shape index (κ1) is 24.3. The number of hydrogen-bond acceptors (Lipinski definition) is 7. The van der Waals surface area contributed by atoms with Crippen LogP contribution in [0.3, 0.4) is 0 Å². The Hall–Kier alpha value is -3.36. The number of ether oxygens (including phenoxy) is 3. The fraction of sp³-hybridized carbons (Fsp3) is 0.429. The summed E-state index contributed by atoms with van der Waals surface area (Å²) in [5.74, 6) is 0.997. The lowest BCUT2D eigenvalue weighted by Gasteiger charge is -2.29. The number of morpholine rings is 1. The number of fused-ring (bicyclic) bond motifs is 2. The number of aryl methyl sites for hydroxylation is 2. The zero-order valence-corrected chi connectivity index (χ0v) is 21.3. The van der Waals surface area contributed by atoms with Gasteiger partial charge in [-0.25, -0.2) is 0 Å². The summed E-state index contributed by atoms with van der Waals surface area (Å²) in [6.07, 6.45) is 0.773. The van der Waals surface area contributed by atoms with E-state index in [0.29, 0.717) is 34.6 Å². The molecule has 8 nitrogen and oxygen atoms in total. The van der Waals surface area contributed by atoms with Gasteiger partial charge in [-0.1, -0.05) is 12.1 Å². The van der Waals surface area contributed by atoms with E-state index in [1.54, 1.807) is 25.2 Å². The van der Waals surface area contributed by atoms with Crippen LogP contribution in [0.2, 0.25) is 0 Å². The Morgan fingerprint density at radius 1 is 0.972 bits per heavy atom. The van der Waals surface area contributed by atoms with Crippen molar-refractivity contribution >= 4 is 16.9 Å². The summed E-state index contributed by atoms with van der Waals surface area (Å²) in [7, 11) is 3.15. The van der Waals surface area contributed by atoms with Crippen molar-refractivity contribution in [2.45, 2.75) is 26.3 Å². The first-order chi connectivity index (χ1) is 17.4. The van der Waals surface area contributed by atoms with Crippen LogP contribution >= 0.6 is 0 Å². The van der Waals surface area contributed by atoms with Gasteiger partial charge in [0, 0.05) is 26.2 Å². The van der Waals surface area contributed by atoms with E-state index in [1.807, 2.05) is 38.1 Å². The van der Waals surface area contributed by atoms with Gasteiger partial charge in [0.25, 0.3) is 5.91 Å². The lowest BCUT2D eigenvalue weighted by Crippen LogP contribution is -2.38. The van der Waals surface area contributed by atoms with Crippen LogP contribution in [0.4, 0.5) is 0 Å². The highest BCUT2D eigenvalue weighted by Crippen LogP contribution is 2.41. The van der Waals surface area contributed by atoms with Crippen LogP contribution in [0.5, 0.6) is 11.5 Å². The van der Waals surface area contributed by atoms with Gasteiger partial charge < -0.3 is 23.5 Å². The molecule has 1 saturated heterocycles. The molecule has 1 aromatic heterocycles. The Labute approximate surface area is 210 Å². The topological polar surface area (TPSA) is 81.5 Å². The Morgan fingerprint density at radius 2 is 1.72 bits per heavy atom. The molecule has 3 aromatic rings. The highest BCUT2D eigenvalue weighted by atomic mass is 16.5. The van der Waals surface area contributed by atoms with Crippen molar-refractivity contribution in [2.24, 2.45) is 0 Å². The summed E-state index contributed by atoms with van der Waals surface area (Å²) in [5.41, 5.74) is 3.28. The average Bonchev–Trinajstić information content (AvgIpc) is 3.15. The number of nitrogens with zero attached hydrogens (tertiary/aromatic N) is 2. The minimum absolute atomic E-state index is 0.128. The van der Waals surface area contributed by atoms with Crippen LogP contribution in [0.1, 0.15) is 45.3 Å². The molecule has 1 fully saturated rings. The predicted molar refractivity (Wildman–Crippen MR) is 136 cm³/mol. The third kappa shape index (κ3) is 4.24. The van der Waals surface area contributed by atoms with Gasteiger partial charge in [-0.05, 0) is 55.2 Å². The molecule has 1 amide bonds. The molecular formula is C28H32N2O6. The lowest BCUT2D eigenvalue weighted by atomic mass is 9.96. The molecule has 3 heterocycles. The van der Waals surface area contributed by atoms with E-state index in [9.17, 15) is 9.59 Å². The van der Waals surface area contributed by atoms with Gasteiger partial charge in [0.05, 0.1) is 44.4 Å². The van der Waals surface area contributed by atoms with Gasteiger partial charge in [-0.15, -0.1) is 0 Å². The van der Waals surface area contributed by atoms with Gasteiger partial charge >= 0.3 is 0 Å². The summed E-state index contributed by atoms with van der Waals surface area (Å²) in [4.78, 5) is 31.7.